The molecule has 1 aliphatic heterocycles. The molecule has 1 saturated heterocycles. The van der Waals surface area contributed by atoms with Gasteiger partial charge in [0.2, 0.25) is 0 Å². The molecule has 9 heteroatoms. The van der Waals surface area contributed by atoms with Gasteiger partial charge in [-0.2, -0.15) is 0 Å². The predicted molar refractivity (Wildman–Crippen MR) is 141 cm³/mol. The maximum atomic E-state index is 13.5. The van der Waals surface area contributed by atoms with Crippen LogP contribution in [0.3, 0.4) is 0 Å². The zero-order chi connectivity index (χ0) is 27.4. The van der Waals surface area contributed by atoms with Crippen LogP contribution in [0.2, 0.25) is 0 Å². The third kappa shape index (κ3) is 4.70. The smallest absolute Gasteiger partial charge is 0.300 e. The van der Waals surface area contributed by atoms with E-state index in [1.807, 2.05) is 6.92 Å². The summed E-state index contributed by atoms with van der Waals surface area (Å²) in [5.74, 6) is 0.183. The van der Waals surface area contributed by atoms with Gasteiger partial charge >= 0.3 is 0 Å². The van der Waals surface area contributed by atoms with Crippen molar-refractivity contribution in [1.29, 1.82) is 0 Å². The fraction of sp³-hybridized carbons (Fsp3) is 0.241. The van der Waals surface area contributed by atoms with Gasteiger partial charge in [0, 0.05) is 17.8 Å². The van der Waals surface area contributed by atoms with Crippen LogP contribution in [0.15, 0.2) is 66.2 Å². The second kappa shape index (κ2) is 11.2. The van der Waals surface area contributed by atoms with Gasteiger partial charge in [0.15, 0.2) is 11.5 Å². The van der Waals surface area contributed by atoms with Crippen molar-refractivity contribution in [3.63, 3.8) is 0 Å². The molecule has 9 nitrogen and oxygen atoms in total. The van der Waals surface area contributed by atoms with E-state index in [4.69, 9.17) is 23.7 Å². The van der Waals surface area contributed by atoms with Crippen molar-refractivity contribution >= 4 is 23.1 Å². The summed E-state index contributed by atoms with van der Waals surface area (Å²) in [4.78, 5) is 28.4. The molecule has 1 N–H and O–H groups in total. The van der Waals surface area contributed by atoms with Gasteiger partial charge < -0.3 is 28.8 Å². The lowest BCUT2D eigenvalue weighted by Crippen LogP contribution is -2.29. The van der Waals surface area contributed by atoms with Gasteiger partial charge in [-0.15, -0.1) is 0 Å². The largest absolute Gasteiger partial charge is 0.507 e. The molecule has 0 aliphatic carbocycles. The van der Waals surface area contributed by atoms with Crippen LogP contribution >= 0.6 is 0 Å². The highest BCUT2D eigenvalue weighted by molar-refractivity contribution is 6.51. The first-order chi connectivity index (χ1) is 18.4. The minimum Gasteiger partial charge on any atom is -0.507 e. The highest BCUT2D eigenvalue weighted by atomic mass is 16.5. The minimum atomic E-state index is -0.987. The van der Waals surface area contributed by atoms with E-state index in [9.17, 15) is 14.7 Å². The number of aliphatic hydroxyl groups is 1. The average molecular weight is 520 g/mol. The summed E-state index contributed by atoms with van der Waals surface area (Å²) in [6.07, 6.45) is 0. The monoisotopic (exact) mass is 519 g/mol. The lowest BCUT2D eigenvalue weighted by Gasteiger charge is -2.26. The minimum absolute atomic E-state index is 0.103. The lowest BCUT2D eigenvalue weighted by molar-refractivity contribution is -0.132. The van der Waals surface area contributed by atoms with Gasteiger partial charge in [0.1, 0.15) is 23.0 Å². The molecule has 0 aromatic heterocycles. The standard InChI is InChI=1S/C29H29NO8/c1-6-38-24-14-17(10-13-22(24)36-4)26-25(27(31)21-12-11-20(35-3)16-23(21)37-5)28(32)29(33)30(26)18-8-7-9-19(15-18)34-2/h7-16,26,31H,6H2,1-5H3/b27-25+. The number of anilines is 1. The zero-order valence-corrected chi connectivity index (χ0v) is 21.8. The Labute approximate surface area is 220 Å². The van der Waals surface area contributed by atoms with E-state index in [1.54, 1.807) is 60.7 Å². The van der Waals surface area contributed by atoms with Crippen LogP contribution in [-0.4, -0.2) is 51.8 Å². The summed E-state index contributed by atoms with van der Waals surface area (Å²) < 4.78 is 27.2. The van der Waals surface area contributed by atoms with Gasteiger partial charge in [-0.3, -0.25) is 14.5 Å². The molecular weight excluding hydrogens is 490 g/mol. The van der Waals surface area contributed by atoms with Crippen LogP contribution in [0.5, 0.6) is 28.7 Å². The topological polar surface area (TPSA) is 104 Å². The molecule has 198 valence electrons. The number of ether oxygens (including phenoxy) is 5. The summed E-state index contributed by atoms with van der Waals surface area (Å²) in [5.41, 5.74) is 1.09. The maximum absolute atomic E-state index is 13.5. The van der Waals surface area contributed by atoms with Gasteiger partial charge in [-0.1, -0.05) is 12.1 Å². The summed E-state index contributed by atoms with van der Waals surface area (Å²) in [7, 11) is 5.98. The van der Waals surface area contributed by atoms with E-state index in [0.717, 1.165) is 0 Å². The Morgan fingerprint density at radius 3 is 2.18 bits per heavy atom. The van der Waals surface area contributed by atoms with Crippen molar-refractivity contribution in [2.45, 2.75) is 13.0 Å². The van der Waals surface area contributed by atoms with Crippen molar-refractivity contribution in [3.05, 3.63) is 77.4 Å². The summed E-state index contributed by atoms with van der Waals surface area (Å²) in [6.45, 7) is 2.21. The molecule has 1 atom stereocenters. The third-order valence-corrected chi connectivity index (χ3v) is 6.24. The molecule has 38 heavy (non-hydrogen) atoms. The number of rotatable bonds is 9. The molecule has 1 unspecified atom stereocenters. The summed E-state index contributed by atoms with van der Waals surface area (Å²) >= 11 is 0. The van der Waals surface area contributed by atoms with Crippen molar-refractivity contribution in [1.82, 2.24) is 0 Å². The van der Waals surface area contributed by atoms with E-state index in [2.05, 4.69) is 0 Å². The normalized spacial score (nSPS) is 16.3. The molecule has 1 amide bonds. The van der Waals surface area contributed by atoms with E-state index in [0.29, 0.717) is 40.9 Å². The Bertz CT molecular complexity index is 1400. The number of ketones is 1. The highest BCUT2D eigenvalue weighted by Gasteiger charge is 2.47. The van der Waals surface area contributed by atoms with E-state index < -0.39 is 17.7 Å². The molecule has 1 aliphatic rings. The van der Waals surface area contributed by atoms with Crippen molar-refractivity contribution in [3.8, 4) is 28.7 Å². The third-order valence-electron chi connectivity index (χ3n) is 6.24. The average Bonchev–Trinajstić information content (AvgIpc) is 3.22. The number of benzene rings is 3. The molecule has 1 heterocycles. The van der Waals surface area contributed by atoms with Crippen LogP contribution < -0.4 is 28.6 Å². The van der Waals surface area contributed by atoms with Crippen LogP contribution in [0, 0.1) is 0 Å². The van der Waals surface area contributed by atoms with E-state index >= 15 is 0 Å². The Morgan fingerprint density at radius 2 is 1.53 bits per heavy atom. The first-order valence-electron chi connectivity index (χ1n) is 11.9. The fourth-order valence-corrected chi connectivity index (χ4v) is 4.45. The molecular formula is C29H29NO8. The fourth-order valence-electron chi connectivity index (χ4n) is 4.45. The molecule has 0 radical (unpaired) electrons. The molecule has 0 saturated carbocycles. The van der Waals surface area contributed by atoms with Crippen LogP contribution in [0.25, 0.3) is 5.76 Å². The number of hydrogen-bond donors (Lipinski definition) is 1. The van der Waals surface area contributed by atoms with Crippen molar-refractivity contribution in [2.24, 2.45) is 0 Å². The second-order valence-corrected chi connectivity index (χ2v) is 8.28. The Balaban J connectivity index is 1.99. The number of carbonyl (C=O) groups is 2. The van der Waals surface area contributed by atoms with E-state index in [1.165, 1.54) is 33.3 Å². The zero-order valence-electron chi connectivity index (χ0n) is 21.8. The number of nitrogens with zero attached hydrogens (tertiary/aromatic N) is 1. The van der Waals surface area contributed by atoms with Crippen LogP contribution in [0.1, 0.15) is 24.1 Å². The van der Waals surface area contributed by atoms with Crippen molar-refractivity contribution in [2.75, 3.05) is 39.9 Å². The highest BCUT2D eigenvalue weighted by Crippen LogP contribution is 2.45. The molecule has 1 fully saturated rings. The molecule has 0 spiro atoms. The first kappa shape index (κ1) is 26.4. The lowest BCUT2D eigenvalue weighted by atomic mass is 9.94. The number of amides is 1. The summed E-state index contributed by atoms with van der Waals surface area (Å²) in [6, 6.07) is 15.7. The predicted octanol–water partition coefficient (Wildman–Crippen LogP) is 4.75. The van der Waals surface area contributed by atoms with Gasteiger partial charge in [-0.05, 0) is 48.9 Å². The van der Waals surface area contributed by atoms with Crippen molar-refractivity contribution < 1.29 is 38.4 Å². The van der Waals surface area contributed by atoms with E-state index in [-0.39, 0.29) is 22.6 Å². The quantitative estimate of drug-likeness (QED) is 0.246. The van der Waals surface area contributed by atoms with Gasteiger partial charge in [-0.25, -0.2) is 0 Å². The Morgan fingerprint density at radius 1 is 0.816 bits per heavy atom. The molecule has 4 rings (SSSR count). The second-order valence-electron chi connectivity index (χ2n) is 8.28. The number of aliphatic hydroxyl groups excluding tert-OH is 1. The molecule has 3 aromatic rings. The maximum Gasteiger partial charge on any atom is 0.300 e. The Kier molecular flexibility index (Phi) is 7.76. The van der Waals surface area contributed by atoms with Gasteiger partial charge in [0.25, 0.3) is 11.7 Å². The van der Waals surface area contributed by atoms with Gasteiger partial charge in [0.05, 0.1) is 52.2 Å². The number of carbonyl (C=O) groups excluding carboxylic acids is 2. The van der Waals surface area contributed by atoms with Crippen LogP contribution in [-0.2, 0) is 9.59 Å². The van der Waals surface area contributed by atoms with Crippen LogP contribution in [0.4, 0.5) is 5.69 Å². The first-order valence-corrected chi connectivity index (χ1v) is 11.9. The molecule has 0 bridgehead atoms. The molecule has 3 aromatic carbocycles. The Hall–Kier alpha value is -4.66. The summed E-state index contributed by atoms with van der Waals surface area (Å²) in [5, 5.41) is 11.5. The number of hydrogen-bond acceptors (Lipinski definition) is 8. The number of Topliss-reactive ketones (excluding diaryl/α,β-unsaturated/α-hetero) is 1. The number of methoxy groups -OCH3 is 4. The SMILES string of the molecule is CCOc1cc(C2/C(=C(\O)c3ccc(OC)cc3OC)C(=O)C(=O)N2c2cccc(OC)c2)ccc1OC.